The second-order valence-corrected chi connectivity index (χ2v) is 7.05. The molecule has 0 saturated carbocycles. The first-order valence-corrected chi connectivity index (χ1v) is 9.72. The third kappa shape index (κ3) is 3.93. The largest absolute Gasteiger partial charge is 0.353 e. The third-order valence-electron chi connectivity index (χ3n) is 4.84. The molecule has 7 nitrogen and oxygen atoms in total. The third-order valence-corrected chi connectivity index (χ3v) is 5.16. The maximum absolute atomic E-state index is 14.0. The van der Waals surface area contributed by atoms with Crippen LogP contribution in [0.5, 0.6) is 0 Å². The standard InChI is InChI=1S/C20H19ClFN5O2/c1-2-17-24-19(25-29-17)13-6-7-16(23-12-13)26-8-10-27(11-9-26)20(28)18-14(21)4-3-5-15(18)22/h3-7,12H,2,8-11H2,1H3. The van der Waals surface area contributed by atoms with E-state index >= 15 is 0 Å². The van der Waals surface area contributed by atoms with Crippen molar-refractivity contribution in [2.45, 2.75) is 13.3 Å². The Morgan fingerprint density at radius 2 is 2.00 bits per heavy atom. The fourth-order valence-corrected chi connectivity index (χ4v) is 3.46. The van der Waals surface area contributed by atoms with Crippen LogP contribution in [-0.4, -0.2) is 52.1 Å². The van der Waals surface area contributed by atoms with Crippen molar-refractivity contribution in [1.29, 1.82) is 0 Å². The second kappa shape index (κ2) is 8.16. The molecule has 3 aromatic rings. The van der Waals surface area contributed by atoms with Crippen molar-refractivity contribution in [2.24, 2.45) is 0 Å². The lowest BCUT2D eigenvalue weighted by Crippen LogP contribution is -2.49. The molecule has 0 unspecified atom stereocenters. The molecule has 29 heavy (non-hydrogen) atoms. The van der Waals surface area contributed by atoms with E-state index in [0.717, 1.165) is 11.4 Å². The Kier molecular flexibility index (Phi) is 5.44. The van der Waals surface area contributed by atoms with Gasteiger partial charge in [0.1, 0.15) is 11.6 Å². The highest BCUT2D eigenvalue weighted by atomic mass is 35.5. The first kappa shape index (κ1) is 19.3. The van der Waals surface area contributed by atoms with Crippen LogP contribution in [0.2, 0.25) is 5.02 Å². The summed E-state index contributed by atoms with van der Waals surface area (Å²) in [5.41, 5.74) is 0.705. The van der Waals surface area contributed by atoms with Crippen molar-refractivity contribution in [3.63, 3.8) is 0 Å². The van der Waals surface area contributed by atoms with Crippen LogP contribution in [0.25, 0.3) is 11.4 Å². The van der Waals surface area contributed by atoms with E-state index in [2.05, 4.69) is 20.0 Å². The number of anilines is 1. The van der Waals surface area contributed by atoms with Gasteiger partial charge in [-0.2, -0.15) is 4.98 Å². The minimum Gasteiger partial charge on any atom is -0.353 e. The summed E-state index contributed by atoms with van der Waals surface area (Å²) in [5, 5.41) is 4.07. The first-order valence-electron chi connectivity index (χ1n) is 9.34. The van der Waals surface area contributed by atoms with Gasteiger partial charge in [0.2, 0.25) is 11.7 Å². The molecule has 1 amide bonds. The summed E-state index contributed by atoms with van der Waals surface area (Å²) in [5.74, 6) is 0.900. The number of pyridine rings is 1. The van der Waals surface area contributed by atoms with Crippen LogP contribution in [0.1, 0.15) is 23.2 Å². The Balaban J connectivity index is 1.41. The number of benzene rings is 1. The minimum atomic E-state index is -0.602. The first-order chi connectivity index (χ1) is 14.1. The molecular formula is C20H19ClFN5O2. The number of piperazine rings is 1. The average Bonchev–Trinajstić information content (AvgIpc) is 3.23. The molecule has 1 aliphatic rings. The summed E-state index contributed by atoms with van der Waals surface area (Å²) < 4.78 is 19.2. The maximum atomic E-state index is 14.0. The molecular weight excluding hydrogens is 397 g/mol. The molecule has 2 aromatic heterocycles. The van der Waals surface area contributed by atoms with Gasteiger partial charge in [0, 0.05) is 44.4 Å². The second-order valence-electron chi connectivity index (χ2n) is 6.65. The molecule has 1 saturated heterocycles. The molecule has 0 spiro atoms. The highest BCUT2D eigenvalue weighted by Gasteiger charge is 2.26. The zero-order valence-electron chi connectivity index (χ0n) is 15.8. The van der Waals surface area contributed by atoms with Crippen LogP contribution in [-0.2, 0) is 6.42 Å². The summed E-state index contributed by atoms with van der Waals surface area (Å²) in [4.78, 5) is 25.1. The summed E-state index contributed by atoms with van der Waals surface area (Å²) in [7, 11) is 0. The van der Waals surface area contributed by atoms with Gasteiger partial charge in [0.25, 0.3) is 5.91 Å². The van der Waals surface area contributed by atoms with Gasteiger partial charge in [-0.15, -0.1) is 0 Å². The fraction of sp³-hybridized carbons (Fsp3) is 0.300. The molecule has 3 heterocycles. The number of aryl methyl sites for hydroxylation is 1. The molecule has 0 N–H and O–H groups in total. The average molecular weight is 416 g/mol. The summed E-state index contributed by atoms with van der Waals surface area (Å²) in [6.45, 7) is 4.04. The van der Waals surface area contributed by atoms with E-state index in [1.165, 1.54) is 18.2 Å². The van der Waals surface area contributed by atoms with Crippen molar-refractivity contribution in [3.05, 3.63) is 58.8 Å². The van der Waals surface area contributed by atoms with Gasteiger partial charge in [-0.25, -0.2) is 9.37 Å². The van der Waals surface area contributed by atoms with Crippen molar-refractivity contribution >= 4 is 23.3 Å². The number of aromatic nitrogens is 3. The van der Waals surface area contributed by atoms with Crippen molar-refractivity contribution in [1.82, 2.24) is 20.0 Å². The minimum absolute atomic E-state index is 0.0725. The Morgan fingerprint density at radius 3 is 2.62 bits per heavy atom. The number of rotatable bonds is 4. The van der Waals surface area contributed by atoms with Gasteiger partial charge in [-0.05, 0) is 24.3 Å². The quantitative estimate of drug-likeness (QED) is 0.649. The van der Waals surface area contributed by atoms with Crippen LogP contribution in [0.4, 0.5) is 10.2 Å². The van der Waals surface area contributed by atoms with Crippen molar-refractivity contribution in [2.75, 3.05) is 31.1 Å². The Labute approximate surface area is 172 Å². The molecule has 9 heteroatoms. The zero-order chi connectivity index (χ0) is 20.4. The van der Waals surface area contributed by atoms with Gasteiger partial charge in [0.05, 0.1) is 10.6 Å². The molecule has 0 bridgehead atoms. The predicted molar refractivity (Wildman–Crippen MR) is 106 cm³/mol. The lowest BCUT2D eigenvalue weighted by Gasteiger charge is -2.35. The predicted octanol–water partition coefficient (Wildman–Crippen LogP) is 3.45. The van der Waals surface area contributed by atoms with Crippen LogP contribution >= 0.6 is 11.6 Å². The normalized spacial score (nSPS) is 14.3. The molecule has 150 valence electrons. The molecule has 4 rings (SSSR count). The van der Waals surface area contributed by atoms with Crippen LogP contribution in [0.3, 0.4) is 0 Å². The molecule has 1 fully saturated rings. The van der Waals surface area contributed by atoms with Crippen LogP contribution in [0.15, 0.2) is 41.1 Å². The number of carbonyl (C=O) groups is 1. The van der Waals surface area contributed by atoms with Crippen LogP contribution < -0.4 is 4.90 Å². The number of nitrogens with zero attached hydrogens (tertiary/aromatic N) is 5. The maximum Gasteiger partial charge on any atom is 0.258 e. The number of amides is 1. The summed E-state index contributed by atoms with van der Waals surface area (Å²) in [6.07, 6.45) is 2.38. The van der Waals surface area contributed by atoms with E-state index in [9.17, 15) is 9.18 Å². The smallest absolute Gasteiger partial charge is 0.258 e. The van der Waals surface area contributed by atoms with Gasteiger partial charge in [-0.3, -0.25) is 4.79 Å². The fourth-order valence-electron chi connectivity index (χ4n) is 3.22. The lowest BCUT2D eigenvalue weighted by atomic mass is 10.1. The molecule has 0 radical (unpaired) electrons. The molecule has 1 aromatic carbocycles. The van der Waals surface area contributed by atoms with Crippen molar-refractivity contribution < 1.29 is 13.7 Å². The van der Waals surface area contributed by atoms with Crippen molar-refractivity contribution in [3.8, 4) is 11.4 Å². The van der Waals surface area contributed by atoms with Gasteiger partial charge in [-0.1, -0.05) is 29.7 Å². The number of halogens is 2. The summed E-state index contributed by atoms with van der Waals surface area (Å²) in [6, 6.07) is 8.03. The topological polar surface area (TPSA) is 75.4 Å². The molecule has 0 aliphatic carbocycles. The van der Waals surface area contributed by atoms with Gasteiger partial charge >= 0.3 is 0 Å². The number of carbonyl (C=O) groups excluding carboxylic acids is 1. The lowest BCUT2D eigenvalue weighted by molar-refractivity contribution is 0.0742. The van der Waals surface area contributed by atoms with E-state index in [0.29, 0.717) is 44.3 Å². The monoisotopic (exact) mass is 415 g/mol. The molecule has 0 atom stereocenters. The SMILES string of the molecule is CCc1nc(-c2ccc(N3CCN(C(=O)c4c(F)cccc4Cl)CC3)nc2)no1. The highest BCUT2D eigenvalue weighted by Crippen LogP contribution is 2.23. The van der Waals surface area contributed by atoms with E-state index in [1.54, 1.807) is 11.1 Å². The Bertz CT molecular complexity index is 996. The molecule has 1 aliphatic heterocycles. The summed E-state index contributed by atoms with van der Waals surface area (Å²) >= 11 is 6.02. The van der Waals surface area contributed by atoms with Crippen LogP contribution in [0, 0.1) is 5.82 Å². The van der Waals surface area contributed by atoms with Gasteiger partial charge < -0.3 is 14.3 Å². The van der Waals surface area contributed by atoms with E-state index in [-0.39, 0.29) is 16.5 Å². The Hall–Kier alpha value is -3.00. The Morgan fingerprint density at radius 1 is 1.21 bits per heavy atom. The number of hydrogen-bond donors (Lipinski definition) is 0. The highest BCUT2D eigenvalue weighted by molar-refractivity contribution is 6.33. The van der Waals surface area contributed by atoms with E-state index in [4.69, 9.17) is 16.1 Å². The van der Waals surface area contributed by atoms with E-state index < -0.39 is 5.82 Å². The van der Waals surface area contributed by atoms with Gasteiger partial charge in [0.15, 0.2) is 0 Å². The van der Waals surface area contributed by atoms with E-state index in [1.807, 2.05) is 19.1 Å². The number of hydrogen-bond acceptors (Lipinski definition) is 6. The zero-order valence-corrected chi connectivity index (χ0v) is 16.6.